The average Bonchev–Trinajstić information content (AvgIpc) is 2.47. The third-order valence-electron chi connectivity index (χ3n) is 3.09. The second-order valence-electron chi connectivity index (χ2n) is 4.69. The van der Waals surface area contributed by atoms with Crippen molar-refractivity contribution in [3.63, 3.8) is 0 Å². The van der Waals surface area contributed by atoms with E-state index in [0.717, 1.165) is 5.56 Å². The van der Waals surface area contributed by atoms with Gasteiger partial charge in [-0.2, -0.15) is 0 Å². The minimum absolute atomic E-state index is 0.0594. The summed E-state index contributed by atoms with van der Waals surface area (Å²) in [5.41, 5.74) is 0.943. The molecule has 0 saturated carbocycles. The molecule has 0 fully saturated rings. The number of ether oxygens (including phenoxy) is 1. The van der Waals surface area contributed by atoms with Gasteiger partial charge in [-0.1, -0.05) is 37.3 Å². The predicted molar refractivity (Wildman–Crippen MR) is 75.0 cm³/mol. The van der Waals surface area contributed by atoms with Gasteiger partial charge in [0.05, 0.1) is 7.11 Å². The largest absolute Gasteiger partial charge is 0.467 e. The van der Waals surface area contributed by atoms with Crippen LogP contribution < -0.4 is 5.32 Å². The van der Waals surface area contributed by atoms with Crippen LogP contribution in [-0.4, -0.2) is 36.7 Å². The van der Waals surface area contributed by atoms with E-state index in [0.29, 0.717) is 12.8 Å². The SMILES string of the molecule is COC(=O)[C@@H](Cc1ccccc1)NC(=O)C(C)CCO. The van der Waals surface area contributed by atoms with Gasteiger partial charge < -0.3 is 15.2 Å². The summed E-state index contributed by atoms with van der Waals surface area (Å²) in [5, 5.41) is 11.5. The maximum atomic E-state index is 11.9. The van der Waals surface area contributed by atoms with Crippen LogP contribution in [0.4, 0.5) is 0 Å². The average molecular weight is 279 g/mol. The van der Waals surface area contributed by atoms with Gasteiger partial charge in [0.15, 0.2) is 0 Å². The maximum Gasteiger partial charge on any atom is 0.328 e. The van der Waals surface area contributed by atoms with Crippen LogP contribution in [0.1, 0.15) is 18.9 Å². The Morgan fingerprint density at radius 2 is 1.95 bits per heavy atom. The minimum Gasteiger partial charge on any atom is -0.467 e. The first kappa shape index (κ1) is 16.2. The lowest BCUT2D eigenvalue weighted by molar-refractivity contribution is -0.145. The van der Waals surface area contributed by atoms with E-state index < -0.39 is 12.0 Å². The molecule has 1 aromatic rings. The van der Waals surface area contributed by atoms with Gasteiger partial charge in [0.25, 0.3) is 0 Å². The smallest absolute Gasteiger partial charge is 0.328 e. The third-order valence-corrected chi connectivity index (χ3v) is 3.09. The molecule has 20 heavy (non-hydrogen) atoms. The number of aliphatic hydroxyl groups excluding tert-OH is 1. The van der Waals surface area contributed by atoms with Crippen LogP contribution in [0.15, 0.2) is 30.3 Å². The number of aliphatic hydroxyl groups is 1. The summed E-state index contributed by atoms with van der Waals surface area (Å²) in [4.78, 5) is 23.7. The monoisotopic (exact) mass is 279 g/mol. The number of methoxy groups -OCH3 is 1. The van der Waals surface area contributed by atoms with Gasteiger partial charge in [0.1, 0.15) is 6.04 Å². The molecule has 1 aromatic carbocycles. The molecule has 2 atom stereocenters. The first-order chi connectivity index (χ1) is 9.58. The fourth-order valence-electron chi connectivity index (χ4n) is 1.82. The first-order valence-electron chi connectivity index (χ1n) is 6.61. The van der Waals surface area contributed by atoms with Crippen LogP contribution in [-0.2, 0) is 20.7 Å². The standard InChI is InChI=1S/C15H21NO4/c1-11(8-9-17)14(18)16-13(15(19)20-2)10-12-6-4-3-5-7-12/h3-7,11,13,17H,8-10H2,1-2H3,(H,16,18)/t11?,13-/m1/s1. The normalized spacial score (nSPS) is 13.3. The summed E-state index contributed by atoms with van der Waals surface area (Å²) >= 11 is 0. The number of hydrogen-bond donors (Lipinski definition) is 2. The molecule has 5 nitrogen and oxygen atoms in total. The number of benzene rings is 1. The second-order valence-corrected chi connectivity index (χ2v) is 4.69. The lowest BCUT2D eigenvalue weighted by Crippen LogP contribution is -2.45. The molecule has 1 amide bonds. The zero-order chi connectivity index (χ0) is 15.0. The first-order valence-corrected chi connectivity index (χ1v) is 6.61. The molecule has 2 N–H and O–H groups in total. The van der Waals surface area contributed by atoms with Crippen LogP contribution >= 0.6 is 0 Å². The van der Waals surface area contributed by atoms with Crippen LogP contribution in [0.2, 0.25) is 0 Å². The second kappa shape index (κ2) is 8.32. The molecule has 1 unspecified atom stereocenters. The van der Waals surface area contributed by atoms with Crippen molar-refractivity contribution in [1.82, 2.24) is 5.32 Å². The van der Waals surface area contributed by atoms with Gasteiger partial charge >= 0.3 is 5.97 Å². The minimum atomic E-state index is -0.712. The lowest BCUT2D eigenvalue weighted by atomic mass is 10.0. The van der Waals surface area contributed by atoms with Crippen molar-refractivity contribution in [1.29, 1.82) is 0 Å². The Bertz CT molecular complexity index is 433. The van der Waals surface area contributed by atoms with Gasteiger partial charge in [-0.3, -0.25) is 4.79 Å². The van der Waals surface area contributed by atoms with Gasteiger partial charge in [0.2, 0.25) is 5.91 Å². The Hall–Kier alpha value is -1.88. The summed E-state index contributed by atoms with van der Waals surface area (Å²) in [7, 11) is 1.30. The van der Waals surface area contributed by atoms with Crippen molar-refractivity contribution in [2.24, 2.45) is 5.92 Å². The summed E-state index contributed by atoms with van der Waals surface area (Å²) in [6.45, 7) is 1.65. The third kappa shape index (κ3) is 5.01. The van der Waals surface area contributed by atoms with Crippen molar-refractivity contribution in [2.75, 3.05) is 13.7 Å². The Morgan fingerprint density at radius 3 is 2.50 bits per heavy atom. The molecule has 0 aliphatic rings. The van der Waals surface area contributed by atoms with Gasteiger partial charge in [-0.05, 0) is 12.0 Å². The molecule has 5 heteroatoms. The number of hydrogen-bond acceptors (Lipinski definition) is 4. The molecular formula is C15H21NO4. The number of rotatable bonds is 7. The van der Waals surface area contributed by atoms with Crippen molar-refractivity contribution < 1.29 is 19.4 Å². The van der Waals surface area contributed by atoms with E-state index >= 15 is 0 Å². The van der Waals surface area contributed by atoms with Crippen LogP contribution in [0.3, 0.4) is 0 Å². The zero-order valence-corrected chi connectivity index (χ0v) is 11.8. The van der Waals surface area contributed by atoms with Crippen molar-refractivity contribution >= 4 is 11.9 Å². The van der Waals surface area contributed by atoms with Crippen molar-refractivity contribution in [3.05, 3.63) is 35.9 Å². The molecule has 1 rings (SSSR count). The van der Waals surface area contributed by atoms with Crippen molar-refractivity contribution in [2.45, 2.75) is 25.8 Å². The topological polar surface area (TPSA) is 75.6 Å². The maximum absolute atomic E-state index is 11.9. The number of carbonyl (C=O) groups excluding carboxylic acids is 2. The number of nitrogens with one attached hydrogen (secondary N) is 1. The van der Waals surface area contributed by atoms with Crippen LogP contribution in [0, 0.1) is 5.92 Å². The molecule has 0 saturated heterocycles. The quantitative estimate of drug-likeness (QED) is 0.727. The van der Waals surface area contributed by atoms with E-state index in [-0.39, 0.29) is 18.4 Å². The molecule has 0 spiro atoms. The Balaban J connectivity index is 2.70. The van der Waals surface area contributed by atoms with Gasteiger partial charge in [-0.25, -0.2) is 4.79 Å². The number of carbonyl (C=O) groups is 2. The number of amides is 1. The summed E-state index contributed by atoms with van der Waals surface area (Å²) in [5.74, 6) is -1.08. The van der Waals surface area contributed by atoms with E-state index in [1.165, 1.54) is 7.11 Å². The molecular weight excluding hydrogens is 258 g/mol. The molecule has 0 aromatic heterocycles. The van der Waals surface area contributed by atoms with Gasteiger partial charge in [-0.15, -0.1) is 0 Å². The number of esters is 1. The highest BCUT2D eigenvalue weighted by Crippen LogP contribution is 2.07. The van der Waals surface area contributed by atoms with Crippen LogP contribution in [0.5, 0.6) is 0 Å². The highest BCUT2D eigenvalue weighted by atomic mass is 16.5. The molecule has 0 aliphatic carbocycles. The predicted octanol–water partition coefficient (Wildman–Crippen LogP) is 0.905. The highest BCUT2D eigenvalue weighted by Gasteiger charge is 2.24. The van der Waals surface area contributed by atoms with E-state index in [2.05, 4.69) is 5.32 Å². The Morgan fingerprint density at radius 1 is 1.30 bits per heavy atom. The molecule has 0 bridgehead atoms. The fourth-order valence-corrected chi connectivity index (χ4v) is 1.82. The molecule has 0 heterocycles. The molecule has 0 radical (unpaired) electrons. The fraction of sp³-hybridized carbons (Fsp3) is 0.467. The molecule has 110 valence electrons. The summed E-state index contributed by atoms with van der Waals surface area (Å²) in [6.07, 6.45) is 0.746. The van der Waals surface area contributed by atoms with Gasteiger partial charge in [0, 0.05) is 18.9 Å². The summed E-state index contributed by atoms with van der Waals surface area (Å²) in [6, 6.07) is 8.70. The van der Waals surface area contributed by atoms with E-state index in [1.54, 1.807) is 6.92 Å². The Labute approximate surface area is 118 Å². The van der Waals surface area contributed by atoms with E-state index in [1.807, 2.05) is 30.3 Å². The van der Waals surface area contributed by atoms with E-state index in [4.69, 9.17) is 9.84 Å². The summed E-state index contributed by atoms with van der Waals surface area (Å²) < 4.78 is 4.72. The Kier molecular flexibility index (Phi) is 6.73. The molecule has 0 aliphatic heterocycles. The van der Waals surface area contributed by atoms with Crippen LogP contribution in [0.25, 0.3) is 0 Å². The lowest BCUT2D eigenvalue weighted by Gasteiger charge is -2.19. The van der Waals surface area contributed by atoms with E-state index in [9.17, 15) is 9.59 Å². The van der Waals surface area contributed by atoms with Crippen molar-refractivity contribution in [3.8, 4) is 0 Å². The highest BCUT2D eigenvalue weighted by molar-refractivity contribution is 5.85. The zero-order valence-electron chi connectivity index (χ0n) is 11.8.